The van der Waals surface area contributed by atoms with E-state index < -0.39 is 0 Å². The van der Waals surface area contributed by atoms with Gasteiger partial charge in [-0.1, -0.05) is 60.4 Å². The lowest BCUT2D eigenvalue weighted by atomic mass is 9.96. The summed E-state index contributed by atoms with van der Waals surface area (Å²) >= 11 is 2.68. The van der Waals surface area contributed by atoms with Crippen LogP contribution >= 0.6 is 23.1 Å². The second kappa shape index (κ2) is 8.14. The lowest BCUT2D eigenvalue weighted by molar-refractivity contribution is -0.120. The first-order valence-corrected chi connectivity index (χ1v) is 8.88. The summed E-state index contributed by atoms with van der Waals surface area (Å²) in [6.45, 7) is 4.63. The summed E-state index contributed by atoms with van der Waals surface area (Å²) in [5, 5.41) is 10.9. The van der Waals surface area contributed by atoms with E-state index in [0.717, 1.165) is 10.8 Å². The van der Waals surface area contributed by atoms with Gasteiger partial charge in [0.05, 0.1) is 5.25 Å². The average Bonchev–Trinajstić information content (AvgIpc) is 2.93. The van der Waals surface area contributed by atoms with Crippen LogP contribution in [0.5, 0.6) is 0 Å². The monoisotopic (exact) mass is 336 g/mol. The van der Waals surface area contributed by atoms with Gasteiger partial charge in [0.2, 0.25) is 11.0 Å². The molecule has 0 saturated carbocycles. The summed E-state index contributed by atoms with van der Waals surface area (Å²) in [5.74, 6) is 0.340. The highest BCUT2D eigenvalue weighted by atomic mass is 32.2. The molecule has 2 atom stereocenters. The van der Waals surface area contributed by atoms with Gasteiger partial charge < -0.3 is 11.1 Å². The van der Waals surface area contributed by atoms with Crippen molar-refractivity contribution in [1.29, 1.82) is 0 Å². The summed E-state index contributed by atoms with van der Waals surface area (Å²) in [6, 6.07) is 10.3. The third kappa shape index (κ3) is 4.71. The summed E-state index contributed by atoms with van der Waals surface area (Å²) in [6.07, 6.45) is 0.985. The molecule has 2 aromatic rings. The van der Waals surface area contributed by atoms with Crippen molar-refractivity contribution in [2.45, 2.75) is 35.8 Å². The largest absolute Gasteiger partial charge is 0.374 e. The van der Waals surface area contributed by atoms with Crippen molar-refractivity contribution in [3.63, 3.8) is 0 Å². The summed E-state index contributed by atoms with van der Waals surface area (Å²) in [5.41, 5.74) is 6.79. The van der Waals surface area contributed by atoms with Crippen molar-refractivity contribution >= 4 is 34.1 Å². The topological polar surface area (TPSA) is 80.9 Å². The van der Waals surface area contributed by atoms with Crippen LogP contribution in [0.15, 0.2) is 34.7 Å². The molecule has 0 radical (unpaired) electrons. The number of hydrogen-bond acceptors (Lipinski definition) is 6. The molecule has 0 aliphatic carbocycles. The number of nitrogens with zero attached hydrogens (tertiary/aromatic N) is 2. The molecular formula is C15H20N4OS2. The van der Waals surface area contributed by atoms with Crippen molar-refractivity contribution in [2.24, 2.45) is 0 Å². The summed E-state index contributed by atoms with van der Waals surface area (Å²) in [4.78, 5) is 12.2. The zero-order valence-corrected chi connectivity index (χ0v) is 14.3. The van der Waals surface area contributed by atoms with Crippen LogP contribution in [0, 0.1) is 0 Å². The minimum Gasteiger partial charge on any atom is -0.374 e. The van der Waals surface area contributed by atoms with Crippen LogP contribution in [0.4, 0.5) is 5.13 Å². The number of nitrogens with two attached hydrogens (primary N) is 1. The van der Waals surface area contributed by atoms with E-state index in [2.05, 4.69) is 34.6 Å². The number of rotatable bonds is 7. The number of carbonyl (C=O) groups is 1. The van der Waals surface area contributed by atoms with E-state index in [-0.39, 0.29) is 11.2 Å². The Morgan fingerprint density at radius 2 is 2.09 bits per heavy atom. The van der Waals surface area contributed by atoms with Gasteiger partial charge in [0, 0.05) is 12.5 Å². The molecule has 1 aromatic carbocycles. The second-order valence-corrected chi connectivity index (χ2v) is 7.52. The van der Waals surface area contributed by atoms with Gasteiger partial charge in [-0.15, -0.1) is 10.2 Å². The summed E-state index contributed by atoms with van der Waals surface area (Å²) < 4.78 is 0.718. The van der Waals surface area contributed by atoms with Gasteiger partial charge in [0.15, 0.2) is 4.34 Å². The maximum atomic E-state index is 12.2. The molecular weight excluding hydrogens is 316 g/mol. The van der Waals surface area contributed by atoms with E-state index in [0.29, 0.717) is 17.6 Å². The number of benzene rings is 1. The predicted octanol–water partition coefficient (Wildman–Crippen LogP) is 2.91. The second-order valence-electron chi connectivity index (χ2n) is 4.93. The Morgan fingerprint density at radius 3 is 2.68 bits per heavy atom. The van der Waals surface area contributed by atoms with Crippen molar-refractivity contribution in [3.8, 4) is 0 Å². The molecule has 7 heteroatoms. The molecule has 2 rings (SSSR count). The number of aromatic nitrogens is 2. The zero-order valence-electron chi connectivity index (χ0n) is 12.7. The Kier molecular flexibility index (Phi) is 6.21. The number of hydrogen-bond donors (Lipinski definition) is 2. The average molecular weight is 336 g/mol. The van der Waals surface area contributed by atoms with Crippen molar-refractivity contribution < 1.29 is 4.79 Å². The normalized spacial score (nSPS) is 13.5. The van der Waals surface area contributed by atoms with Gasteiger partial charge in [0.25, 0.3) is 0 Å². The number of amides is 1. The number of nitrogen functional groups attached to an aromatic ring is 1. The Hall–Kier alpha value is -1.60. The molecule has 0 aliphatic rings. The smallest absolute Gasteiger partial charge is 0.233 e. The van der Waals surface area contributed by atoms with Crippen LogP contribution in [-0.2, 0) is 4.79 Å². The highest BCUT2D eigenvalue weighted by Crippen LogP contribution is 2.27. The Bertz CT molecular complexity index is 603. The quantitative estimate of drug-likeness (QED) is 0.760. The highest BCUT2D eigenvalue weighted by molar-refractivity contribution is 8.02. The lowest BCUT2D eigenvalue weighted by Gasteiger charge is -2.17. The Balaban J connectivity index is 1.85. The zero-order chi connectivity index (χ0) is 15.9. The number of nitrogens with one attached hydrogen (secondary N) is 1. The van der Waals surface area contributed by atoms with Crippen LogP contribution < -0.4 is 11.1 Å². The van der Waals surface area contributed by atoms with Crippen molar-refractivity contribution in [1.82, 2.24) is 15.5 Å². The third-order valence-electron chi connectivity index (χ3n) is 3.36. The molecule has 1 aromatic heterocycles. The molecule has 3 N–H and O–H groups in total. The molecule has 118 valence electrons. The van der Waals surface area contributed by atoms with E-state index in [4.69, 9.17) is 5.73 Å². The van der Waals surface area contributed by atoms with Gasteiger partial charge in [0.1, 0.15) is 0 Å². The molecule has 0 unspecified atom stereocenters. The lowest BCUT2D eigenvalue weighted by Crippen LogP contribution is -2.34. The SMILES string of the molecule is CC[C@@H](CNC(=O)[C@H](C)Sc1nnc(N)s1)c1ccccc1. The Morgan fingerprint density at radius 1 is 1.36 bits per heavy atom. The van der Waals surface area contributed by atoms with E-state index in [1.165, 1.54) is 28.7 Å². The number of anilines is 1. The molecule has 5 nitrogen and oxygen atoms in total. The van der Waals surface area contributed by atoms with E-state index in [1.54, 1.807) is 0 Å². The van der Waals surface area contributed by atoms with E-state index in [9.17, 15) is 4.79 Å². The summed E-state index contributed by atoms with van der Waals surface area (Å²) in [7, 11) is 0. The van der Waals surface area contributed by atoms with Gasteiger partial charge in [-0.3, -0.25) is 4.79 Å². The molecule has 22 heavy (non-hydrogen) atoms. The fourth-order valence-electron chi connectivity index (χ4n) is 2.06. The first-order valence-electron chi connectivity index (χ1n) is 7.18. The first-order chi connectivity index (χ1) is 10.6. The van der Waals surface area contributed by atoms with Gasteiger partial charge >= 0.3 is 0 Å². The van der Waals surface area contributed by atoms with Gasteiger partial charge in [-0.05, 0) is 18.9 Å². The first kappa shape index (κ1) is 16.8. The Labute approximate surface area is 138 Å². The van der Waals surface area contributed by atoms with Crippen LogP contribution in [0.2, 0.25) is 0 Å². The van der Waals surface area contributed by atoms with Crippen LogP contribution in [0.3, 0.4) is 0 Å². The molecule has 0 saturated heterocycles. The molecule has 0 bridgehead atoms. The van der Waals surface area contributed by atoms with E-state index in [1.807, 2.05) is 25.1 Å². The molecule has 0 aliphatic heterocycles. The minimum absolute atomic E-state index is 0.00755. The van der Waals surface area contributed by atoms with Crippen molar-refractivity contribution in [3.05, 3.63) is 35.9 Å². The van der Waals surface area contributed by atoms with Crippen LogP contribution in [0.25, 0.3) is 0 Å². The number of thioether (sulfide) groups is 1. The minimum atomic E-state index is -0.222. The maximum absolute atomic E-state index is 12.2. The van der Waals surface area contributed by atoms with Gasteiger partial charge in [-0.2, -0.15) is 0 Å². The molecule has 0 fully saturated rings. The predicted molar refractivity (Wildman–Crippen MR) is 92.1 cm³/mol. The molecule has 0 spiro atoms. The number of carbonyl (C=O) groups excluding carboxylic acids is 1. The third-order valence-corrected chi connectivity index (χ3v) is 5.29. The van der Waals surface area contributed by atoms with E-state index >= 15 is 0 Å². The van der Waals surface area contributed by atoms with Crippen LogP contribution in [0.1, 0.15) is 31.7 Å². The molecule has 1 heterocycles. The maximum Gasteiger partial charge on any atom is 0.233 e. The highest BCUT2D eigenvalue weighted by Gasteiger charge is 2.18. The fourth-order valence-corrected chi connectivity index (χ4v) is 3.87. The molecule has 1 amide bonds. The fraction of sp³-hybridized carbons (Fsp3) is 0.400. The van der Waals surface area contributed by atoms with Crippen LogP contribution in [-0.4, -0.2) is 27.9 Å². The van der Waals surface area contributed by atoms with Crippen molar-refractivity contribution in [2.75, 3.05) is 12.3 Å². The van der Waals surface area contributed by atoms with Gasteiger partial charge in [-0.25, -0.2) is 0 Å². The standard InChI is InChI=1S/C15H20N4OS2/c1-3-11(12-7-5-4-6-8-12)9-17-13(20)10(2)21-15-19-18-14(16)22-15/h4-8,10-11H,3,9H2,1-2H3,(H2,16,18)(H,17,20)/t10-,11-/m0/s1.